The average Bonchev–Trinajstić information content (AvgIpc) is 2.75. The van der Waals surface area contributed by atoms with Crippen LogP contribution in [0.4, 0.5) is 0 Å². The van der Waals surface area contributed by atoms with Crippen molar-refractivity contribution in [3.63, 3.8) is 0 Å². The van der Waals surface area contributed by atoms with E-state index >= 15 is 0 Å². The smallest absolute Gasteiger partial charge is 0.426 e. The van der Waals surface area contributed by atoms with Gasteiger partial charge in [0.2, 0.25) is 5.91 Å². The van der Waals surface area contributed by atoms with E-state index in [2.05, 4.69) is 6.92 Å². The molecule has 1 unspecified atom stereocenters. The summed E-state index contributed by atoms with van der Waals surface area (Å²) in [6, 6.07) is -0.586. The maximum absolute atomic E-state index is 12.4. The summed E-state index contributed by atoms with van der Waals surface area (Å²) < 4.78 is 0. The van der Waals surface area contributed by atoms with Crippen LogP contribution in [0.25, 0.3) is 0 Å². The lowest BCUT2D eigenvalue weighted by Gasteiger charge is -2.35. The van der Waals surface area contributed by atoms with Crippen molar-refractivity contribution in [2.75, 3.05) is 6.54 Å². The second-order valence-corrected chi connectivity index (χ2v) is 5.87. The van der Waals surface area contributed by atoms with Crippen LogP contribution in [0, 0.1) is 5.41 Å². The Morgan fingerprint density at radius 2 is 2.17 bits per heavy atom. The SMILES string of the molecule is CCCC(C)(C)C(N)C(=O)N1CCC[C@H]1B(O)O. The molecule has 1 amide bonds. The number of hydrogen-bond acceptors (Lipinski definition) is 4. The molecule has 0 bridgehead atoms. The van der Waals surface area contributed by atoms with Crippen molar-refractivity contribution in [3.8, 4) is 0 Å². The Labute approximate surface area is 109 Å². The molecule has 0 aromatic heterocycles. The van der Waals surface area contributed by atoms with Gasteiger partial charge >= 0.3 is 7.12 Å². The van der Waals surface area contributed by atoms with Crippen LogP contribution < -0.4 is 5.73 Å². The summed E-state index contributed by atoms with van der Waals surface area (Å²) in [4.78, 5) is 13.9. The Kier molecular flexibility index (Phi) is 5.19. The van der Waals surface area contributed by atoms with Crippen LogP contribution in [-0.2, 0) is 4.79 Å². The predicted octanol–water partition coefficient (Wildman–Crippen LogP) is 0.143. The van der Waals surface area contributed by atoms with E-state index < -0.39 is 19.1 Å². The van der Waals surface area contributed by atoms with E-state index in [-0.39, 0.29) is 11.3 Å². The van der Waals surface area contributed by atoms with E-state index in [1.54, 1.807) is 0 Å². The molecule has 1 saturated heterocycles. The summed E-state index contributed by atoms with van der Waals surface area (Å²) in [7, 11) is -1.47. The Morgan fingerprint density at radius 1 is 1.56 bits per heavy atom. The second kappa shape index (κ2) is 6.04. The Morgan fingerprint density at radius 3 is 2.67 bits per heavy atom. The van der Waals surface area contributed by atoms with E-state index in [0.717, 1.165) is 19.3 Å². The van der Waals surface area contributed by atoms with Gasteiger partial charge in [0.25, 0.3) is 0 Å². The van der Waals surface area contributed by atoms with Gasteiger partial charge in [-0.3, -0.25) is 4.79 Å². The van der Waals surface area contributed by atoms with E-state index in [4.69, 9.17) is 5.73 Å². The molecule has 1 fully saturated rings. The van der Waals surface area contributed by atoms with Crippen LogP contribution in [-0.4, -0.2) is 46.5 Å². The molecular formula is C12H25BN2O3. The lowest BCUT2D eigenvalue weighted by atomic mass is 9.76. The predicted molar refractivity (Wildman–Crippen MR) is 71.6 cm³/mol. The number of likely N-dealkylation sites (tertiary alicyclic amines) is 1. The second-order valence-electron chi connectivity index (χ2n) is 5.87. The normalized spacial score (nSPS) is 22.1. The standard InChI is InChI=1S/C12H25BN2O3/c1-4-7-12(2,3)10(14)11(16)15-8-5-6-9(15)13(17)18/h9-10,17-18H,4-8,14H2,1-3H3/t9-,10?/m0/s1. The zero-order valence-electron chi connectivity index (χ0n) is 11.6. The van der Waals surface area contributed by atoms with Crippen molar-refractivity contribution in [2.45, 2.75) is 58.4 Å². The number of nitrogens with zero attached hydrogens (tertiary/aromatic N) is 1. The molecule has 18 heavy (non-hydrogen) atoms. The third kappa shape index (κ3) is 3.25. The minimum atomic E-state index is -1.47. The van der Waals surface area contributed by atoms with E-state index in [0.29, 0.717) is 13.0 Å². The lowest BCUT2D eigenvalue weighted by Crippen LogP contribution is -2.55. The van der Waals surface area contributed by atoms with Gasteiger partial charge in [0.05, 0.1) is 12.0 Å². The molecule has 2 atom stereocenters. The van der Waals surface area contributed by atoms with Crippen LogP contribution in [0.2, 0.25) is 0 Å². The number of nitrogens with two attached hydrogens (primary N) is 1. The zero-order valence-corrected chi connectivity index (χ0v) is 11.6. The van der Waals surface area contributed by atoms with Crippen molar-refractivity contribution in [3.05, 3.63) is 0 Å². The quantitative estimate of drug-likeness (QED) is 0.611. The first-order valence-corrected chi connectivity index (χ1v) is 6.73. The van der Waals surface area contributed by atoms with Gasteiger partial charge in [-0.1, -0.05) is 27.2 Å². The largest absolute Gasteiger partial charge is 0.475 e. The first kappa shape index (κ1) is 15.5. The highest BCUT2D eigenvalue weighted by Gasteiger charge is 2.41. The van der Waals surface area contributed by atoms with Crippen molar-refractivity contribution in [1.82, 2.24) is 4.90 Å². The number of carbonyl (C=O) groups excluding carboxylic acids is 1. The summed E-state index contributed by atoms with van der Waals surface area (Å²) in [6.45, 7) is 6.60. The van der Waals surface area contributed by atoms with Crippen molar-refractivity contribution < 1.29 is 14.8 Å². The van der Waals surface area contributed by atoms with Gasteiger partial charge in [-0.2, -0.15) is 0 Å². The van der Waals surface area contributed by atoms with Gasteiger partial charge in [-0.05, 0) is 24.7 Å². The zero-order chi connectivity index (χ0) is 13.9. The van der Waals surface area contributed by atoms with E-state index in [1.807, 2.05) is 13.8 Å². The Balaban J connectivity index is 2.74. The van der Waals surface area contributed by atoms with Crippen molar-refractivity contribution >= 4 is 13.0 Å². The van der Waals surface area contributed by atoms with Crippen molar-refractivity contribution in [1.29, 1.82) is 0 Å². The highest BCUT2D eigenvalue weighted by molar-refractivity contribution is 6.43. The maximum Gasteiger partial charge on any atom is 0.475 e. The number of rotatable bonds is 5. The minimum absolute atomic E-state index is 0.163. The fraction of sp³-hybridized carbons (Fsp3) is 0.917. The van der Waals surface area contributed by atoms with E-state index in [9.17, 15) is 14.8 Å². The molecule has 1 aliphatic rings. The molecule has 0 spiro atoms. The highest BCUT2D eigenvalue weighted by atomic mass is 16.4. The van der Waals surface area contributed by atoms with Gasteiger partial charge in [-0.15, -0.1) is 0 Å². The monoisotopic (exact) mass is 256 g/mol. The fourth-order valence-corrected chi connectivity index (χ4v) is 2.69. The summed E-state index contributed by atoms with van der Waals surface area (Å²) in [5.41, 5.74) is 5.80. The van der Waals surface area contributed by atoms with Crippen LogP contribution in [0.3, 0.4) is 0 Å². The molecule has 1 aliphatic heterocycles. The Bertz CT molecular complexity index is 297. The molecule has 4 N–H and O–H groups in total. The molecule has 0 aromatic carbocycles. The fourth-order valence-electron chi connectivity index (χ4n) is 2.69. The molecule has 0 aromatic rings. The molecule has 5 nitrogen and oxygen atoms in total. The van der Waals surface area contributed by atoms with Crippen molar-refractivity contribution in [2.24, 2.45) is 11.1 Å². The van der Waals surface area contributed by atoms with Gasteiger partial charge in [0, 0.05) is 6.54 Å². The van der Waals surface area contributed by atoms with Gasteiger partial charge < -0.3 is 20.7 Å². The maximum atomic E-state index is 12.4. The van der Waals surface area contributed by atoms with Crippen LogP contribution in [0.5, 0.6) is 0 Å². The minimum Gasteiger partial charge on any atom is -0.426 e. The van der Waals surface area contributed by atoms with Gasteiger partial charge in [0.15, 0.2) is 0 Å². The van der Waals surface area contributed by atoms with Gasteiger partial charge in [-0.25, -0.2) is 0 Å². The molecule has 0 aliphatic carbocycles. The van der Waals surface area contributed by atoms with Crippen LogP contribution in [0.15, 0.2) is 0 Å². The first-order chi connectivity index (χ1) is 8.31. The number of hydrogen-bond donors (Lipinski definition) is 3. The molecule has 104 valence electrons. The highest BCUT2D eigenvalue weighted by Crippen LogP contribution is 2.29. The number of carbonyl (C=O) groups is 1. The van der Waals surface area contributed by atoms with Crippen LogP contribution >= 0.6 is 0 Å². The topological polar surface area (TPSA) is 86.8 Å². The average molecular weight is 256 g/mol. The molecule has 1 rings (SSSR count). The van der Waals surface area contributed by atoms with E-state index in [1.165, 1.54) is 4.90 Å². The molecule has 0 saturated carbocycles. The first-order valence-electron chi connectivity index (χ1n) is 6.73. The number of amides is 1. The molecular weight excluding hydrogens is 231 g/mol. The summed E-state index contributed by atoms with van der Waals surface area (Å²) in [6.07, 6.45) is 3.28. The molecule has 6 heteroatoms. The molecule has 1 heterocycles. The third-order valence-corrected chi connectivity index (χ3v) is 3.93. The molecule has 0 radical (unpaired) electrons. The Hall–Kier alpha value is -0.585. The lowest BCUT2D eigenvalue weighted by molar-refractivity contribution is -0.135. The van der Waals surface area contributed by atoms with Crippen LogP contribution in [0.1, 0.15) is 46.5 Å². The summed E-state index contributed by atoms with van der Waals surface area (Å²) in [5.74, 6) is -0.662. The summed E-state index contributed by atoms with van der Waals surface area (Å²) >= 11 is 0. The van der Waals surface area contributed by atoms with Gasteiger partial charge in [0.1, 0.15) is 0 Å². The summed E-state index contributed by atoms with van der Waals surface area (Å²) in [5, 5.41) is 18.6. The third-order valence-electron chi connectivity index (χ3n) is 3.93.